The first-order chi connectivity index (χ1) is 14.2. The van der Waals surface area contributed by atoms with Crippen LogP contribution < -0.4 is 0 Å². The summed E-state index contributed by atoms with van der Waals surface area (Å²) in [5.41, 5.74) is 3.84. The molecule has 4 aliphatic carbocycles. The zero-order valence-corrected chi connectivity index (χ0v) is 18.8. The Morgan fingerprint density at radius 1 is 1.17 bits per heavy atom. The lowest BCUT2D eigenvalue weighted by molar-refractivity contribution is -0.141. The quantitative estimate of drug-likeness (QED) is 0.656. The highest BCUT2D eigenvalue weighted by atomic mass is 16.5. The maximum absolute atomic E-state index is 10.9. The van der Waals surface area contributed by atoms with Crippen molar-refractivity contribution in [1.82, 2.24) is 0 Å². The Labute approximate surface area is 181 Å². The summed E-state index contributed by atoms with van der Waals surface area (Å²) in [5.74, 6) is 1.08. The van der Waals surface area contributed by atoms with E-state index in [1.807, 2.05) is 0 Å². The SMILES string of the molecule is C1CC1.C=C1CC2C(CCC3(C)C2CCC3(C)O)c2ccccc21.COCC(=O)O. The molecule has 5 unspecified atom stereocenters. The number of aliphatic hydroxyl groups is 1. The van der Waals surface area contributed by atoms with Crippen LogP contribution in [0.3, 0.4) is 0 Å². The predicted octanol–water partition coefficient (Wildman–Crippen LogP) is 5.65. The summed E-state index contributed by atoms with van der Waals surface area (Å²) in [4.78, 5) is 9.47. The number of benzene rings is 1. The molecule has 4 aliphatic rings. The summed E-state index contributed by atoms with van der Waals surface area (Å²) in [5, 5.41) is 18.7. The maximum atomic E-state index is 10.9. The zero-order chi connectivity index (χ0) is 21.9. The maximum Gasteiger partial charge on any atom is 0.329 e. The smallest absolute Gasteiger partial charge is 0.329 e. The average molecular weight is 415 g/mol. The van der Waals surface area contributed by atoms with Gasteiger partial charge in [-0.1, -0.05) is 57.0 Å². The van der Waals surface area contributed by atoms with Gasteiger partial charge >= 0.3 is 5.97 Å². The van der Waals surface area contributed by atoms with Gasteiger partial charge in [-0.2, -0.15) is 0 Å². The van der Waals surface area contributed by atoms with Crippen molar-refractivity contribution in [2.45, 2.75) is 76.7 Å². The van der Waals surface area contributed by atoms with Crippen LogP contribution >= 0.6 is 0 Å². The van der Waals surface area contributed by atoms with Gasteiger partial charge in [0.2, 0.25) is 0 Å². The lowest BCUT2D eigenvalue weighted by atomic mass is 9.53. The van der Waals surface area contributed by atoms with Gasteiger partial charge in [-0.05, 0) is 78.9 Å². The predicted molar refractivity (Wildman–Crippen MR) is 120 cm³/mol. The van der Waals surface area contributed by atoms with Gasteiger partial charge in [0, 0.05) is 7.11 Å². The molecule has 0 saturated heterocycles. The first kappa shape index (κ1) is 23.0. The normalized spacial score (nSPS) is 35.5. The third kappa shape index (κ3) is 4.65. The zero-order valence-electron chi connectivity index (χ0n) is 18.8. The van der Waals surface area contributed by atoms with Crippen molar-refractivity contribution in [1.29, 1.82) is 0 Å². The van der Waals surface area contributed by atoms with E-state index >= 15 is 0 Å². The molecule has 5 rings (SSSR count). The van der Waals surface area contributed by atoms with Gasteiger partial charge in [-0.3, -0.25) is 0 Å². The summed E-state index contributed by atoms with van der Waals surface area (Å²) in [7, 11) is 1.34. The van der Waals surface area contributed by atoms with Crippen molar-refractivity contribution in [3.8, 4) is 0 Å². The second-order valence-corrected chi connectivity index (χ2v) is 9.93. The molecule has 1 aromatic carbocycles. The van der Waals surface area contributed by atoms with Crippen LogP contribution in [0.2, 0.25) is 0 Å². The Morgan fingerprint density at radius 2 is 1.83 bits per heavy atom. The minimum Gasteiger partial charge on any atom is -0.480 e. The molecule has 2 N–H and O–H groups in total. The lowest BCUT2D eigenvalue weighted by Gasteiger charge is -2.52. The van der Waals surface area contributed by atoms with Gasteiger partial charge in [-0.15, -0.1) is 0 Å². The van der Waals surface area contributed by atoms with E-state index in [4.69, 9.17) is 5.11 Å². The minimum atomic E-state index is -0.933. The molecule has 0 spiro atoms. The number of aliphatic carboxylic acids is 1. The summed E-state index contributed by atoms with van der Waals surface area (Å²) >= 11 is 0. The number of ether oxygens (including phenoxy) is 1. The fourth-order valence-electron chi connectivity index (χ4n) is 5.86. The number of fused-ring (bicyclic) bond motifs is 5. The van der Waals surface area contributed by atoms with Crippen LogP contribution in [0.4, 0.5) is 0 Å². The molecule has 1 aromatic rings. The van der Waals surface area contributed by atoms with Crippen LogP contribution in [0.15, 0.2) is 30.8 Å². The molecule has 0 amide bonds. The van der Waals surface area contributed by atoms with Crippen molar-refractivity contribution in [3.05, 3.63) is 42.0 Å². The summed E-state index contributed by atoms with van der Waals surface area (Å²) in [6.45, 7) is 8.55. The van der Waals surface area contributed by atoms with Crippen LogP contribution in [0, 0.1) is 17.3 Å². The van der Waals surface area contributed by atoms with Crippen molar-refractivity contribution >= 4 is 11.5 Å². The van der Waals surface area contributed by atoms with Crippen molar-refractivity contribution in [2.75, 3.05) is 13.7 Å². The second-order valence-electron chi connectivity index (χ2n) is 9.93. The average Bonchev–Trinajstić information content (AvgIpc) is 3.54. The summed E-state index contributed by atoms with van der Waals surface area (Å²) < 4.78 is 4.20. The highest BCUT2D eigenvalue weighted by Gasteiger charge is 2.59. The molecule has 0 aliphatic heterocycles. The molecule has 0 bridgehead atoms. The molecule has 0 radical (unpaired) electrons. The number of allylic oxidation sites excluding steroid dienone is 1. The molecule has 3 saturated carbocycles. The highest BCUT2D eigenvalue weighted by Crippen LogP contribution is 2.64. The number of carbonyl (C=O) groups is 1. The van der Waals surface area contributed by atoms with Crippen LogP contribution in [-0.4, -0.2) is 35.5 Å². The molecule has 0 heterocycles. The van der Waals surface area contributed by atoms with Crippen molar-refractivity contribution in [3.63, 3.8) is 0 Å². The van der Waals surface area contributed by atoms with Crippen molar-refractivity contribution in [2.24, 2.45) is 17.3 Å². The number of hydrogen-bond donors (Lipinski definition) is 2. The topological polar surface area (TPSA) is 66.8 Å². The lowest BCUT2D eigenvalue weighted by Crippen LogP contribution is -2.49. The number of carboxylic acids is 1. The third-order valence-electron chi connectivity index (χ3n) is 7.84. The molecule has 4 heteroatoms. The molecule has 0 aromatic heterocycles. The molecular formula is C26H38O4. The van der Waals surface area contributed by atoms with E-state index in [-0.39, 0.29) is 12.0 Å². The largest absolute Gasteiger partial charge is 0.480 e. The van der Waals surface area contributed by atoms with Crippen LogP contribution in [0.1, 0.15) is 82.3 Å². The van der Waals surface area contributed by atoms with Gasteiger partial charge in [0.1, 0.15) is 6.61 Å². The van der Waals surface area contributed by atoms with Crippen LogP contribution in [-0.2, 0) is 9.53 Å². The van der Waals surface area contributed by atoms with Gasteiger partial charge in [0.15, 0.2) is 0 Å². The van der Waals surface area contributed by atoms with Gasteiger partial charge in [0.05, 0.1) is 5.60 Å². The van der Waals surface area contributed by atoms with E-state index in [0.717, 1.165) is 19.3 Å². The Balaban J connectivity index is 0.000000239. The Hall–Kier alpha value is -1.65. The molecular weight excluding hydrogens is 376 g/mol. The molecule has 30 heavy (non-hydrogen) atoms. The fraction of sp³-hybridized carbons (Fsp3) is 0.654. The number of hydrogen-bond acceptors (Lipinski definition) is 3. The van der Waals surface area contributed by atoms with Crippen molar-refractivity contribution < 1.29 is 19.7 Å². The van der Waals surface area contributed by atoms with E-state index in [0.29, 0.717) is 17.8 Å². The first-order valence-electron chi connectivity index (χ1n) is 11.4. The molecule has 166 valence electrons. The van der Waals surface area contributed by atoms with Crippen LogP contribution in [0.25, 0.3) is 5.57 Å². The first-order valence-corrected chi connectivity index (χ1v) is 11.4. The Morgan fingerprint density at radius 3 is 2.40 bits per heavy atom. The van der Waals surface area contributed by atoms with Gasteiger partial charge < -0.3 is 14.9 Å². The number of rotatable bonds is 2. The van der Waals surface area contributed by atoms with E-state index in [9.17, 15) is 9.90 Å². The Bertz CT molecular complexity index is 763. The van der Waals surface area contributed by atoms with E-state index < -0.39 is 11.6 Å². The molecule has 3 fully saturated rings. The third-order valence-corrected chi connectivity index (χ3v) is 7.84. The van der Waals surface area contributed by atoms with E-state index in [1.165, 1.54) is 55.9 Å². The molecule has 4 nitrogen and oxygen atoms in total. The standard InChI is InChI=1S/C20H26O.C3H6O3.C3H6/c1-13-12-17-16(15-7-5-4-6-14(13)15)8-10-19(2)18(17)9-11-20(19,3)21;1-6-2-3(4)5;1-2-3-1/h4-7,16-18,21H,1,8-12H2,2-3H3;2H2,1H3,(H,4,5);1-3H2. The van der Waals surface area contributed by atoms with E-state index in [1.54, 1.807) is 0 Å². The van der Waals surface area contributed by atoms with E-state index in [2.05, 4.69) is 49.4 Å². The summed E-state index contributed by atoms with van der Waals surface area (Å²) in [6, 6.07) is 8.87. The fourth-order valence-corrected chi connectivity index (χ4v) is 5.86. The van der Waals surface area contributed by atoms with Crippen LogP contribution in [0.5, 0.6) is 0 Å². The van der Waals surface area contributed by atoms with Gasteiger partial charge in [0.25, 0.3) is 0 Å². The minimum absolute atomic E-state index is 0.0979. The highest BCUT2D eigenvalue weighted by molar-refractivity contribution is 5.69. The number of methoxy groups -OCH3 is 1. The second kappa shape index (κ2) is 9.23. The monoisotopic (exact) mass is 414 g/mol. The summed E-state index contributed by atoms with van der Waals surface area (Å²) in [6.07, 6.45) is 10.1. The number of carboxylic acid groups (broad SMARTS) is 1. The Kier molecular flexibility index (Phi) is 7.09. The molecule has 5 atom stereocenters. The van der Waals surface area contributed by atoms with Gasteiger partial charge in [-0.25, -0.2) is 4.79 Å².